The zero-order valence-corrected chi connectivity index (χ0v) is 17.5. The summed E-state index contributed by atoms with van der Waals surface area (Å²) in [6.07, 6.45) is 3.02. The Hall–Kier alpha value is -2.70. The number of Topliss-reactive ketones (excluding diaryl/α,β-unsaturated/α-hetero) is 1. The Morgan fingerprint density at radius 2 is 1.76 bits per heavy atom. The van der Waals surface area contributed by atoms with Crippen LogP contribution in [0.4, 0.5) is 4.79 Å². The van der Waals surface area contributed by atoms with E-state index in [1.165, 1.54) is 11.8 Å². The van der Waals surface area contributed by atoms with Gasteiger partial charge in [-0.1, -0.05) is 31.4 Å². The van der Waals surface area contributed by atoms with Crippen LogP contribution in [0, 0.1) is 13.8 Å². The number of rotatable bonds is 5. The molecule has 0 N–H and O–H groups in total. The van der Waals surface area contributed by atoms with Crippen molar-refractivity contribution < 1.29 is 23.9 Å². The molecule has 1 aliphatic heterocycles. The summed E-state index contributed by atoms with van der Waals surface area (Å²) >= 11 is 0. The Kier molecular flexibility index (Phi) is 5.78. The normalized spacial score (nSPS) is 19.6. The fourth-order valence-electron chi connectivity index (χ4n) is 4.22. The molecule has 7 nitrogen and oxygen atoms in total. The van der Waals surface area contributed by atoms with Gasteiger partial charge in [-0.25, -0.2) is 4.79 Å². The molecule has 0 bridgehead atoms. The summed E-state index contributed by atoms with van der Waals surface area (Å²) in [6, 6.07) is 4.82. The number of ketones is 1. The van der Waals surface area contributed by atoms with Gasteiger partial charge in [0.05, 0.1) is 0 Å². The van der Waals surface area contributed by atoms with Gasteiger partial charge in [0.1, 0.15) is 12.1 Å². The monoisotopic (exact) mass is 400 g/mol. The van der Waals surface area contributed by atoms with E-state index >= 15 is 0 Å². The molecule has 1 aliphatic carbocycles. The quantitative estimate of drug-likeness (QED) is 0.431. The van der Waals surface area contributed by atoms with E-state index in [2.05, 4.69) is 0 Å². The van der Waals surface area contributed by atoms with Gasteiger partial charge in [-0.15, -0.1) is 0 Å². The molecule has 1 aromatic carbocycles. The van der Waals surface area contributed by atoms with E-state index in [1.807, 2.05) is 19.9 Å². The lowest BCUT2D eigenvalue weighted by molar-refractivity contribution is -0.150. The van der Waals surface area contributed by atoms with Gasteiger partial charge in [0.15, 0.2) is 6.10 Å². The number of carbonyl (C=O) groups excluding carboxylic acids is 4. The molecule has 29 heavy (non-hydrogen) atoms. The summed E-state index contributed by atoms with van der Waals surface area (Å²) in [5, 5.41) is 0. The molecule has 0 aromatic heterocycles. The maximum Gasteiger partial charge on any atom is 0.327 e. The predicted molar refractivity (Wildman–Crippen MR) is 106 cm³/mol. The highest BCUT2D eigenvalue weighted by Crippen LogP contribution is 2.39. The number of benzene rings is 1. The van der Waals surface area contributed by atoms with Crippen LogP contribution in [0.2, 0.25) is 0 Å². The minimum absolute atomic E-state index is 0.318. The number of imide groups is 1. The molecule has 3 amide bonds. The molecule has 3 rings (SSSR count). The first-order valence-corrected chi connectivity index (χ1v) is 10.1. The van der Waals surface area contributed by atoms with Crippen LogP contribution < -0.4 is 0 Å². The maximum absolute atomic E-state index is 12.9. The van der Waals surface area contributed by atoms with Crippen LogP contribution >= 0.6 is 0 Å². The number of ether oxygens (including phenoxy) is 1. The zero-order chi connectivity index (χ0) is 21.3. The Labute approximate surface area is 171 Å². The van der Waals surface area contributed by atoms with Crippen molar-refractivity contribution in [3.8, 4) is 0 Å². The third kappa shape index (κ3) is 3.78. The molecule has 1 unspecified atom stereocenters. The van der Waals surface area contributed by atoms with Crippen LogP contribution in [-0.2, 0) is 14.3 Å². The van der Waals surface area contributed by atoms with Crippen molar-refractivity contribution in [3.05, 3.63) is 34.9 Å². The van der Waals surface area contributed by atoms with E-state index in [0.29, 0.717) is 18.4 Å². The van der Waals surface area contributed by atoms with Crippen LogP contribution in [0.1, 0.15) is 60.5 Å². The van der Waals surface area contributed by atoms with Gasteiger partial charge in [0, 0.05) is 12.6 Å². The molecule has 1 saturated heterocycles. The molecule has 1 atom stereocenters. The summed E-state index contributed by atoms with van der Waals surface area (Å²) in [5.74, 6) is -1.42. The number of hydrogen-bond donors (Lipinski definition) is 0. The minimum Gasteiger partial charge on any atom is -0.453 e. The molecule has 1 aromatic rings. The van der Waals surface area contributed by atoms with E-state index in [1.54, 1.807) is 19.2 Å². The number of esters is 1. The summed E-state index contributed by atoms with van der Waals surface area (Å²) in [6.45, 7) is 4.88. The number of nitrogens with zero attached hydrogens (tertiary/aromatic N) is 2. The lowest BCUT2D eigenvalue weighted by atomic mass is 9.81. The van der Waals surface area contributed by atoms with Crippen molar-refractivity contribution >= 4 is 23.7 Å². The lowest BCUT2D eigenvalue weighted by Crippen LogP contribution is -2.49. The maximum atomic E-state index is 12.9. The van der Waals surface area contributed by atoms with Crippen molar-refractivity contribution in [2.45, 2.75) is 64.5 Å². The number of urea groups is 1. The molecule has 0 radical (unpaired) electrons. The predicted octanol–water partition coefficient (Wildman–Crippen LogP) is 3.01. The summed E-state index contributed by atoms with van der Waals surface area (Å²) in [5.41, 5.74) is 1.67. The second-order valence-electron chi connectivity index (χ2n) is 8.12. The van der Waals surface area contributed by atoms with Gasteiger partial charge < -0.3 is 9.64 Å². The van der Waals surface area contributed by atoms with Crippen LogP contribution in [0.3, 0.4) is 0 Å². The van der Waals surface area contributed by atoms with Crippen molar-refractivity contribution in [1.82, 2.24) is 9.80 Å². The zero-order valence-electron chi connectivity index (χ0n) is 17.5. The highest BCUT2D eigenvalue weighted by atomic mass is 16.5. The third-order valence-corrected chi connectivity index (χ3v) is 6.24. The first kappa shape index (κ1) is 21.0. The summed E-state index contributed by atoms with van der Waals surface area (Å²) in [7, 11) is 1.61. The number of aryl methyl sites for hydroxylation is 2. The number of carbonyl (C=O) groups is 4. The number of amides is 3. The Morgan fingerprint density at radius 1 is 1.10 bits per heavy atom. The molecule has 1 spiro atoms. The molecule has 1 saturated carbocycles. The largest absolute Gasteiger partial charge is 0.453 e. The molecule has 156 valence electrons. The smallest absolute Gasteiger partial charge is 0.327 e. The van der Waals surface area contributed by atoms with Gasteiger partial charge in [-0.3, -0.25) is 19.3 Å². The molecular formula is C22H28N2O5. The SMILES string of the molecule is Cc1ccc(C(=O)C(C)OC(=O)CN2C(=O)N(C)C3(CCCCC3)C2=O)cc1C. The fourth-order valence-corrected chi connectivity index (χ4v) is 4.22. The number of likely N-dealkylation sites (N-methyl/N-ethyl adjacent to an activating group) is 1. The van der Waals surface area contributed by atoms with E-state index in [-0.39, 0.29) is 11.7 Å². The van der Waals surface area contributed by atoms with Crippen molar-refractivity contribution in [1.29, 1.82) is 0 Å². The highest BCUT2D eigenvalue weighted by Gasteiger charge is 2.56. The molecule has 2 fully saturated rings. The standard InChI is InChI=1S/C22H28N2O5/c1-14-8-9-17(12-15(14)2)19(26)16(3)29-18(25)13-24-20(27)22(23(4)21(24)28)10-6-5-7-11-22/h8-9,12,16H,5-7,10-11,13H2,1-4H3. The van der Waals surface area contributed by atoms with Crippen LogP contribution in [0.15, 0.2) is 18.2 Å². The molecular weight excluding hydrogens is 372 g/mol. The first-order chi connectivity index (χ1) is 13.7. The Bertz CT molecular complexity index is 857. The van der Waals surface area contributed by atoms with Crippen LogP contribution in [-0.4, -0.2) is 58.7 Å². The molecule has 2 aliphatic rings. The van der Waals surface area contributed by atoms with Gasteiger partial charge in [0.2, 0.25) is 5.78 Å². The van der Waals surface area contributed by atoms with Gasteiger partial charge >= 0.3 is 12.0 Å². The Balaban J connectivity index is 1.65. The van der Waals surface area contributed by atoms with Gasteiger partial charge in [0.25, 0.3) is 5.91 Å². The lowest BCUT2D eigenvalue weighted by Gasteiger charge is -2.35. The average Bonchev–Trinajstić information content (AvgIpc) is 2.86. The topological polar surface area (TPSA) is 84.0 Å². The molecule has 7 heteroatoms. The summed E-state index contributed by atoms with van der Waals surface area (Å²) in [4.78, 5) is 52.9. The third-order valence-electron chi connectivity index (χ3n) is 6.24. The number of hydrogen-bond acceptors (Lipinski definition) is 5. The van der Waals surface area contributed by atoms with Crippen LogP contribution in [0.5, 0.6) is 0 Å². The van der Waals surface area contributed by atoms with E-state index < -0.39 is 30.2 Å². The Morgan fingerprint density at radius 3 is 2.38 bits per heavy atom. The van der Waals surface area contributed by atoms with Crippen molar-refractivity contribution in [2.24, 2.45) is 0 Å². The first-order valence-electron chi connectivity index (χ1n) is 10.1. The average molecular weight is 400 g/mol. The second-order valence-corrected chi connectivity index (χ2v) is 8.12. The van der Waals surface area contributed by atoms with Crippen molar-refractivity contribution in [3.63, 3.8) is 0 Å². The van der Waals surface area contributed by atoms with Crippen molar-refractivity contribution in [2.75, 3.05) is 13.6 Å². The van der Waals surface area contributed by atoms with Crippen LogP contribution in [0.25, 0.3) is 0 Å². The highest BCUT2D eigenvalue weighted by molar-refractivity contribution is 6.08. The molecule has 1 heterocycles. The van der Waals surface area contributed by atoms with Gasteiger partial charge in [-0.05, 0) is 50.8 Å². The fraction of sp³-hybridized carbons (Fsp3) is 0.545. The van der Waals surface area contributed by atoms with E-state index in [4.69, 9.17) is 4.74 Å². The van der Waals surface area contributed by atoms with Gasteiger partial charge in [-0.2, -0.15) is 0 Å². The second kappa shape index (κ2) is 7.97. The van der Waals surface area contributed by atoms with E-state index in [0.717, 1.165) is 35.3 Å². The van der Waals surface area contributed by atoms with E-state index in [9.17, 15) is 19.2 Å². The summed E-state index contributed by atoms with van der Waals surface area (Å²) < 4.78 is 5.25. The minimum atomic E-state index is -1.00.